The van der Waals surface area contributed by atoms with Crippen LogP contribution in [0.15, 0.2) is 0 Å². The van der Waals surface area contributed by atoms with Crippen LogP contribution in [0, 0.1) is 0 Å². The van der Waals surface area contributed by atoms with Gasteiger partial charge in [0.15, 0.2) is 0 Å². The Morgan fingerprint density at radius 1 is 1.69 bits per heavy atom. The van der Waals surface area contributed by atoms with Gasteiger partial charge in [0.25, 0.3) is 0 Å². The van der Waals surface area contributed by atoms with Crippen molar-refractivity contribution in [2.24, 2.45) is 7.05 Å². The van der Waals surface area contributed by atoms with Crippen LogP contribution < -0.4 is 4.90 Å². The minimum absolute atomic E-state index is 0.0728. The van der Waals surface area contributed by atoms with E-state index in [0.29, 0.717) is 12.5 Å². The molecule has 0 radical (unpaired) electrons. The second-order valence-electron chi connectivity index (χ2n) is 2.67. The number of aromatic nitrogens is 4. The van der Waals surface area contributed by atoms with E-state index in [1.165, 1.54) is 4.68 Å². The highest BCUT2D eigenvalue weighted by atomic mass is 16.4. The van der Waals surface area contributed by atoms with Crippen LogP contribution in [0.4, 0.5) is 5.95 Å². The van der Waals surface area contributed by atoms with Crippen molar-refractivity contribution in [1.29, 1.82) is 0 Å². The summed E-state index contributed by atoms with van der Waals surface area (Å²) >= 11 is 0. The average Bonchev–Trinajstić information content (AvgIpc) is 2.47. The van der Waals surface area contributed by atoms with Crippen LogP contribution in [0.2, 0.25) is 0 Å². The first-order valence-electron chi connectivity index (χ1n) is 3.76. The van der Waals surface area contributed by atoms with Gasteiger partial charge in [-0.25, -0.2) is 4.68 Å². The van der Waals surface area contributed by atoms with Crippen LogP contribution >= 0.6 is 0 Å². The lowest BCUT2D eigenvalue weighted by Crippen LogP contribution is -2.24. The third-order valence-electron chi connectivity index (χ3n) is 1.60. The molecule has 0 unspecified atom stereocenters. The van der Waals surface area contributed by atoms with Crippen molar-refractivity contribution in [3.63, 3.8) is 0 Å². The van der Waals surface area contributed by atoms with E-state index >= 15 is 0 Å². The second kappa shape index (κ2) is 3.83. The fourth-order valence-corrected chi connectivity index (χ4v) is 0.911. The summed E-state index contributed by atoms with van der Waals surface area (Å²) in [5, 5.41) is 19.2. The lowest BCUT2D eigenvalue weighted by Gasteiger charge is -2.14. The first-order valence-corrected chi connectivity index (χ1v) is 3.76. The fourth-order valence-electron chi connectivity index (χ4n) is 0.911. The Balaban J connectivity index is 2.53. The van der Waals surface area contributed by atoms with Gasteiger partial charge in [-0.15, -0.1) is 0 Å². The fraction of sp³-hybridized carbons (Fsp3) is 0.667. The second-order valence-corrected chi connectivity index (χ2v) is 2.67. The van der Waals surface area contributed by atoms with E-state index in [2.05, 4.69) is 15.5 Å². The molecule has 0 fully saturated rings. The molecule has 1 aromatic rings. The van der Waals surface area contributed by atoms with Gasteiger partial charge in [-0.2, -0.15) is 0 Å². The number of rotatable bonds is 4. The van der Waals surface area contributed by atoms with Crippen molar-refractivity contribution in [2.75, 3.05) is 18.5 Å². The molecule has 0 saturated heterocycles. The van der Waals surface area contributed by atoms with Gasteiger partial charge >= 0.3 is 5.97 Å². The van der Waals surface area contributed by atoms with Crippen molar-refractivity contribution in [3.05, 3.63) is 0 Å². The van der Waals surface area contributed by atoms with Crippen molar-refractivity contribution < 1.29 is 9.90 Å². The van der Waals surface area contributed by atoms with Gasteiger partial charge in [0, 0.05) is 20.6 Å². The highest BCUT2D eigenvalue weighted by Crippen LogP contribution is 2.03. The molecule has 0 atom stereocenters. The Morgan fingerprint density at radius 3 is 2.85 bits per heavy atom. The van der Waals surface area contributed by atoms with Crippen LogP contribution in [0.3, 0.4) is 0 Å². The van der Waals surface area contributed by atoms with Crippen molar-refractivity contribution in [1.82, 2.24) is 20.2 Å². The molecular weight excluding hydrogens is 174 g/mol. The number of carboxylic acid groups (broad SMARTS) is 1. The SMILES string of the molecule is CN(CCC(=O)O)c1nnnn1C. The topological polar surface area (TPSA) is 84.1 Å². The Kier molecular flexibility index (Phi) is 2.78. The molecule has 0 saturated carbocycles. The molecule has 13 heavy (non-hydrogen) atoms. The number of aryl methyl sites for hydroxylation is 1. The van der Waals surface area contributed by atoms with E-state index in [-0.39, 0.29) is 6.42 Å². The van der Waals surface area contributed by atoms with Crippen LogP contribution in [0.25, 0.3) is 0 Å². The highest BCUT2D eigenvalue weighted by Gasteiger charge is 2.09. The molecule has 1 aromatic heterocycles. The summed E-state index contributed by atoms with van der Waals surface area (Å²) in [4.78, 5) is 12.0. The molecule has 0 aliphatic carbocycles. The summed E-state index contributed by atoms with van der Waals surface area (Å²) in [6.45, 7) is 0.392. The molecule has 1 heterocycles. The lowest BCUT2D eigenvalue weighted by atomic mass is 10.4. The predicted molar refractivity (Wildman–Crippen MR) is 44.3 cm³/mol. The van der Waals surface area contributed by atoms with Crippen LogP contribution in [-0.2, 0) is 11.8 Å². The van der Waals surface area contributed by atoms with Gasteiger partial charge in [0.1, 0.15) is 0 Å². The maximum Gasteiger partial charge on any atom is 0.305 e. The number of anilines is 1. The van der Waals surface area contributed by atoms with Gasteiger partial charge in [-0.3, -0.25) is 4.79 Å². The molecule has 0 amide bonds. The van der Waals surface area contributed by atoms with Crippen LogP contribution in [-0.4, -0.2) is 44.9 Å². The molecular formula is C6H11N5O2. The monoisotopic (exact) mass is 185 g/mol. The number of nitrogens with zero attached hydrogens (tertiary/aromatic N) is 5. The van der Waals surface area contributed by atoms with E-state index in [1.54, 1.807) is 19.0 Å². The minimum atomic E-state index is -0.832. The average molecular weight is 185 g/mol. The van der Waals surface area contributed by atoms with E-state index in [0.717, 1.165) is 0 Å². The van der Waals surface area contributed by atoms with Crippen LogP contribution in [0.5, 0.6) is 0 Å². The number of carbonyl (C=O) groups is 1. The zero-order valence-electron chi connectivity index (χ0n) is 7.51. The predicted octanol–water partition coefficient (Wildman–Crippen LogP) is -0.879. The molecule has 0 aliphatic rings. The number of carboxylic acids is 1. The number of hydrogen-bond donors (Lipinski definition) is 1. The number of aliphatic carboxylic acids is 1. The van der Waals surface area contributed by atoms with E-state index in [9.17, 15) is 4.79 Å². The number of tetrazole rings is 1. The van der Waals surface area contributed by atoms with Gasteiger partial charge in [-0.05, 0) is 10.4 Å². The summed E-state index contributed by atoms with van der Waals surface area (Å²) in [6, 6.07) is 0. The summed E-state index contributed by atoms with van der Waals surface area (Å²) in [7, 11) is 3.45. The molecule has 1 N–H and O–H groups in total. The Hall–Kier alpha value is -1.66. The first kappa shape index (κ1) is 9.43. The molecule has 0 aliphatic heterocycles. The zero-order chi connectivity index (χ0) is 9.84. The largest absolute Gasteiger partial charge is 0.481 e. The maximum atomic E-state index is 10.3. The van der Waals surface area contributed by atoms with E-state index < -0.39 is 5.97 Å². The van der Waals surface area contributed by atoms with Crippen molar-refractivity contribution in [2.45, 2.75) is 6.42 Å². The highest BCUT2D eigenvalue weighted by molar-refractivity contribution is 5.67. The van der Waals surface area contributed by atoms with Gasteiger partial charge < -0.3 is 10.0 Å². The molecule has 0 spiro atoms. The summed E-state index contributed by atoms with van der Waals surface area (Å²) in [5.41, 5.74) is 0. The van der Waals surface area contributed by atoms with Gasteiger partial charge in [-0.1, -0.05) is 5.10 Å². The first-order chi connectivity index (χ1) is 6.11. The van der Waals surface area contributed by atoms with Crippen molar-refractivity contribution in [3.8, 4) is 0 Å². The normalized spacial score (nSPS) is 10.0. The molecule has 0 aromatic carbocycles. The quantitative estimate of drug-likeness (QED) is 0.655. The zero-order valence-corrected chi connectivity index (χ0v) is 7.51. The Bertz CT molecular complexity index is 297. The van der Waals surface area contributed by atoms with Gasteiger partial charge in [0.05, 0.1) is 6.42 Å². The lowest BCUT2D eigenvalue weighted by molar-refractivity contribution is -0.136. The summed E-state index contributed by atoms with van der Waals surface area (Å²) in [5.74, 6) is -0.275. The van der Waals surface area contributed by atoms with Crippen molar-refractivity contribution >= 4 is 11.9 Å². The Labute approximate surface area is 75.0 Å². The van der Waals surface area contributed by atoms with Crippen LogP contribution in [0.1, 0.15) is 6.42 Å². The Morgan fingerprint density at radius 2 is 2.38 bits per heavy atom. The van der Waals surface area contributed by atoms with Gasteiger partial charge in [0.2, 0.25) is 5.95 Å². The standard InChI is InChI=1S/C6H11N5O2/c1-10(4-3-5(12)13)6-7-8-9-11(6)2/h3-4H2,1-2H3,(H,12,13). The maximum absolute atomic E-state index is 10.3. The van der Waals surface area contributed by atoms with E-state index in [4.69, 9.17) is 5.11 Å². The molecule has 0 bridgehead atoms. The smallest absolute Gasteiger partial charge is 0.305 e. The molecule has 1 rings (SSSR count). The summed E-state index contributed by atoms with van der Waals surface area (Å²) < 4.78 is 1.49. The third kappa shape index (κ3) is 2.39. The van der Waals surface area contributed by atoms with E-state index in [1.807, 2.05) is 0 Å². The summed E-state index contributed by atoms with van der Waals surface area (Å²) in [6.07, 6.45) is 0.0728. The molecule has 7 nitrogen and oxygen atoms in total. The third-order valence-corrected chi connectivity index (χ3v) is 1.60. The molecule has 72 valence electrons. The molecule has 7 heteroatoms. The number of hydrogen-bond acceptors (Lipinski definition) is 5. The minimum Gasteiger partial charge on any atom is -0.481 e.